The maximum Gasteiger partial charge on any atom is 0.344 e. The van der Waals surface area contributed by atoms with Gasteiger partial charge in [0, 0.05) is 10.7 Å². The van der Waals surface area contributed by atoms with Crippen LogP contribution in [-0.4, -0.2) is 25.1 Å². The molecule has 0 heterocycles. The Hall–Kier alpha value is -2.24. The average molecular weight is 382 g/mol. The maximum atomic E-state index is 11.9. The Morgan fingerprint density at radius 2 is 1.84 bits per heavy atom. The molecule has 2 aromatic carbocycles. The number of rotatable bonds is 6. The maximum absolute atomic E-state index is 11.9. The van der Waals surface area contributed by atoms with Crippen LogP contribution < -0.4 is 10.1 Å². The van der Waals surface area contributed by atoms with Gasteiger partial charge in [-0.05, 0) is 49.2 Å². The Labute approximate surface area is 155 Å². The predicted molar refractivity (Wildman–Crippen MR) is 97.5 cm³/mol. The van der Waals surface area contributed by atoms with E-state index in [9.17, 15) is 9.59 Å². The normalized spacial score (nSPS) is 10.2. The van der Waals surface area contributed by atoms with Crippen LogP contribution in [0.4, 0.5) is 5.69 Å². The van der Waals surface area contributed by atoms with Crippen molar-refractivity contribution in [3.8, 4) is 5.75 Å². The van der Waals surface area contributed by atoms with Gasteiger partial charge in [0.2, 0.25) is 0 Å². The van der Waals surface area contributed by atoms with E-state index in [1.165, 1.54) is 6.07 Å². The van der Waals surface area contributed by atoms with Gasteiger partial charge >= 0.3 is 5.97 Å². The van der Waals surface area contributed by atoms with Gasteiger partial charge in [-0.15, -0.1) is 0 Å². The molecule has 5 nitrogen and oxygen atoms in total. The quantitative estimate of drug-likeness (QED) is 0.762. The van der Waals surface area contributed by atoms with E-state index in [0.29, 0.717) is 16.5 Å². The number of amides is 1. The van der Waals surface area contributed by atoms with Crippen molar-refractivity contribution in [1.29, 1.82) is 0 Å². The fourth-order valence-electron chi connectivity index (χ4n) is 1.99. The summed E-state index contributed by atoms with van der Waals surface area (Å²) in [6.07, 6.45) is 0. The topological polar surface area (TPSA) is 64.6 Å². The van der Waals surface area contributed by atoms with Crippen LogP contribution >= 0.6 is 23.2 Å². The molecule has 0 bridgehead atoms. The molecule has 0 radical (unpaired) electrons. The van der Waals surface area contributed by atoms with Crippen LogP contribution in [0, 0.1) is 13.8 Å². The number of anilines is 1. The van der Waals surface area contributed by atoms with Crippen molar-refractivity contribution in [2.45, 2.75) is 13.8 Å². The Kier molecular flexibility index (Phi) is 6.67. The number of hydrogen-bond donors (Lipinski definition) is 1. The average Bonchev–Trinajstić information content (AvgIpc) is 2.56. The van der Waals surface area contributed by atoms with E-state index in [4.69, 9.17) is 32.7 Å². The van der Waals surface area contributed by atoms with Gasteiger partial charge in [0.1, 0.15) is 5.75 Å². The number of nitrogens with one attached hydrogen (secondary N) is 1. The molecule has 132 valence electrons. The van der Waals surface area contributed by atoms with Crippen molar-refractivity contribution in [3.63, 3.8) is 0 Å². The summed E-state index contributed by atoms with van der Waals surface area (Å²) in [7, 11) is 0. The summed E-state index contributed by atoms with van der Waals surface area (Å²) in [5.41, 5.74) is 2.70. The SMILES string of the molecule is Cc1cccc(NC(=O)COC(=O)COc2ccc(Cl)cc2Cl)c1C. The van der Waals surface area contributed by atoms with E-state index >= 15 is 0 Å². The zero-order valence-corrected chi connectivity index (χ0v) is 15.3. The highest BCUT2D eigenvalue weighted by Crippen LogP contribution is 2.27. The molecule has 0 saturated heterocycles. The summed E-state index contributed by atoms with van der Waals surface area (Å²) in [5, 5.41) is 3.45. The number of benzene rings is 2. The van der Waals surface area contributed by atoms with Gasteiger partial charge in [0.05, 0.1) is 5.02 Å². The molecule has 0 spiro atoms. The first-order chi connectivity index (χ1) is 11.9. The largest absolute Gasteiger partial charge is 0.480 e. The Morgan fingerprint density at radius 3 is 2.56 bits per heavy atom. The van der Waals surface area contributed by atoms with Crippen molar-refractivity contribution in [2.75, 3.05) is 18.5 Å². The summed E-state index contributed by atoms with van der Waals surface area (Å²) in [6.45, 7) is 3.09. The molecule has 0 aliphatic heterocycles. The summed E-state index contributed by atoms with van der Waals surface area (Å²) < 4.78 is 10.1. The summed E-state index contributed by atoms with van der Waals surface area (Å²) >= 11 is 11.7. The molecule has 25 heavy (non-hydrogen) atoms. The minimum Gasteiger partial charge on any atom is -0.480 e. The van der Waals surface area contributed by atoms with Crippen LogP contribution in [0.2, 0.25) is 10.0 Å². The van der Waals surface area contributed by atoms with Gasteiger partial charge in [-0.2, -0.15) is 0 Å². The number of esters is 1. The van der Waals surface area contributed by atoms with Crippen LogP contribution in [0.15, 0.2) is 36.4 Å². The lowest BCUT2D eigenvalue weighted by atomic mass is 10.1. The zero-order chi connectivity index (χ0) is 18.4. The first-order valence-corrected chi connectivity index (χ1v) is 8.22. The number of carbonyl (C=O) groups is 2. The molecule has 7 heteroatoms. The zero-order valence-electron chi connectivity index (χ0n) is 13.8. The van der Waals surface area contributed by atoms with Gasteiger partial charge in [-0.1, -0.05) is 35.3 Å². The van der Waals surface area contributed by atoms with Gasteiger partial charge in [-0.3, -0.25) is 4.79 Å². The second-order valence-electron chi connectivity index (χ2n) is 5.32. The molecule has 2 rings (SSSR count). The number of aryl methyl sites for hydroxylation is 1. The third-order valence-electron chi connectivity index (χ3n) is 3.48. The van der Waals surface area contributed by atoms with Crippen molar-refractivity contribution in [1.82, 2.24) is 0 Å². The molecule has 2 aromatic rings. The van der Waals surface area contributed by atoms with Crippen LogP contribution in [0.1, 0.15) is 11.1 Å². The second kappa shape index (κ2) is 8.74. The standard InChI is InChI=1S/C18H17Cl2NO4/c1-11-4-3-5-15(12(11)2)21-17(22)9-25-18(23)10-24-16-7-6-13(19)8-14(16)20/h3-8H,9-10H2,1-2H3,(H,21,22). The molecule has 0 aliphatic rings. The van der Waals surface area contributed by atoms with Crippen LogP contribution in [-0.2, 0) is 14.3 Å². The minimum absolute atomic E-state index is 0.285. The van der Waals surface area contributed by atoms with Gasteiger partial charge in [0.25, 0.3) is 5.91 Å². The molecule has 0 aromatic heterocycles. The van der Waals surface area contributed by atoms with Crippen molar-refractivity contribution in [3.05, 3.63) is 57.6 Å². The monoisotopic (exact) mass is 381 g/mol. The molecule has 1 amide bonds. The Bertz CT molecular complexity index is 793. The summed E-state index contributed by atoms with van der Waals surface area (Å²) in [6, 6.07) is 10.2. The highest BCUT2D eigenvalue weighted by atomic mass is 35.5. The smallest absolute Gasteiger partial charge is 0.344 e. The van der Waals surface area contributed by atoms with Gasteiger partial charge < -0.3 is 14.8 Å². The summed E-state index contributed by atoms with van der Waals surface area (Å²) in [5.74, 6) is -0.795. The third-order valence-corrected chi connectivity index (χ3v) is 4.01. The fraction of sp³-hybridized carbons (Fsp3) is 0.222. The molecule has 0 unspecified atom stereocenters. The van der Waals surface area contributed by atoms with E-state index in [1.54, 1.807) is 18.2 Å². The van der Waals surface area contributed by atoms with Crippen molar-refractivity contribution < 1.29 is 19.1 Å². The highest BCUT2D eigenvalue weighted by Gasteiger charge is 2.11. The van der Waals surface area contributed by atoms with Crippen molar-refractivity contribution >= 4 is 40.8 Å². The molecule has 0 aliphatic carbocycles. The lowest BCUT2D eigenvalue weighted by Gasteiger charge is -2.11. The fourth-order valence-corrected chi connectivity index (χ4v) is 2.45. The molecular weight excluding hydrogens is 365 g/mol. The lowest BCUT2D eigenvalue weighted by molar-refractivity contribution is -0.149. The van der Waals surface area contributed by atoms with E-state index < -0.39 is 18.5 Å². The minimum atomic E-state index is -0.679. The summed E-state index contributed by atoms with van der Waals surface area (Å²) in [4.78, 5) is 23.6. The molecule has 1 N–H and O–H groups in total. The third kappa shape index (κ3) is 5.66. The van der Waals surface area contributed by atoms with E-state index in [0.717, 1.165) is 11.1 Å². The second-order valence-corrected chi connectivity index (χ2v) is 6.16. The van der Waals surface area contributed by atoms with Gasteiger partial charge in [0.15, 0.2) is 13.2 Å². The van der Waals surface area contributed by atoms with E-state index in [-0.39, 0.29) is 11.6 Å². The number of hydrogen-bond acceptors (Lipinski definition) is 4. The first-order valence-electron chi connectivity index (χ1n) is 7.46. The number of ether oxygens (including phenoxy) is 2. The Morgan fingerprint density at radius 1 is 1.08 bits per heavy atom. The lowest BCUT2D eigenvalue weighted by Crippen LogP contribution is -2.24. The first kappa shape index (κ1) is 19.1. The van der Waals surface area contributed by atoms with E-state index in [1.807, 2.05) is 26.0 Å². The molecule has 0 saturated carbocycles. The van der Waals surface area contributed by atoms with Crippen LogP contribution in [0.5, 0.6) is 5.75 Å². The molecule has 0 fully saturated rings. The predicted octanol–water partition coefficient (Wildman–Crippen LogP) is 4.17. The van der Waals surface area contributed by atoms with Gasteiger partial charge in [-0.25, -0.2) is 4.79 Å². The van der Waals surface area contributed by atoms with Crippen molar-refractivity contribution in [2.24, 2.45) is 0 Å². The van der Waals surface area contributed by atoms with Crippen LogP contribution in [0.3, 0.4) is 0 Å². The molecular formula is C18H17Cl2NO4. The van der Waals surface area contributed by atoms with E-state index in [2.05, 4.69) is 5.32 Å². The highest BCUT2D eigenvalue weighted by molar-refractivity contribution is 6.35. The number of halogens is 2. The Balaban J connectivity index is 1.79. The molecule has 0 atom stereocenters. The van der Waals surface area contributed by atoms with Crippen LogP contribution in [0.25, 0.3) is 0 Å². The number of carbonyl (C=O) groups excluding carboxylic acids is 2.